The van der Waals surface area contributed by atoms with E-state index in [-0.39, 0.29) is 17.9 Å². The molecule has 132 valence electrons. The summed E-state index contributed by atoms with van der Waals surface area (Å²) in [6.07, 6.45) is 1.18. The molecule has 0 aliphatic rings. The van der Waals surface area contributed by atoms with E-state index in [0.29, 0.717) is 23.6 Å². The van der Waals surface area contributed by atoms with E-state index < -0.39 is 0 Å². The number of hydrogen-bond acceptors (Lipinski definition) is 2. The Morgan fingerprint density at radius 2 is 1.80 bits per heavy atom. The van der Waals surface area contributed by atoms with Crippen LogP contribution in [0, 0.1) is 0 Å². The zero-order valence-corrected chi connectivity index (χ0v) is 15.3. The molecule has 25 heavy (non-hydrogen) atoms. The van der Waals surface area contributed by atoms with Gasteiger partial charge in [0.25, 0.3) is 5.91 Å². The van der Waals surface area contributed by atoms with Gasteiger partial charge in [-0.25, -0.2) is 0 Å². The molecular formula is C20H23ClN2O2. The quantitative estimate of drug-likeness (QED) is 0.792. The fraction of sp³-hybridized carbons (Fsp3) is 0.300. The summed E-state index contributed by atoms with van der Waals surface area (Å²) in [4.78, 5) is 24.2. The third-order valence-electron chi connectivity index (χ3n) is 3.95. The van der Waals surface area contributed by atoms with Crippen LogP contribution >= 0.6 is 11.6 Å². The minimum absolute atomic E-state index is 0.0724. The lowest BCUT2D eigenvalue weighted by Gasteiger charge is -2.12. The number of nitrogens with one attached hydrogen (secondary N) is 2. The Morgan fingerprint density at radius 3 is 2.48 bits per heavy atom. The maximum Gasteiger partial charge on any atom is 0.251 e. The monoisotopic (exact) mass is 358 g/mol. The highest BCUT2D eigenvalue weighted by Gasteiger charge is 2.09. The lowest BCUT2D eigenvalue weighted by Crippen LogP contribution is -2.32. The lowest BCUT2D eigenvalue weighted by atomic mass is 10.1. The maximum absolute atomic E-state index is 12.2. The van der Waals surface area contributed by atoms with E-state index in [1.54, 1.807) is 24.3 Å². The first-order chi connectivity index (χ1) is 12.0. The molecule has 4 nitrogen and oxygen atoms in total. The fourth-order valence-corrected chi connectivity index (χ4v) is 2.41. The van der Waals surface area contributed by atoms with Crippen molar-refractivity contribution in [3.63, 3.8) is 0 Å². The molecular weight excluding hydrogens is 336 g/mol. The summed E-state index contributed by atoms with van der Waals surface area (Å²) in [6.45, 7) is 4.38. The summed E-state index contributed by atoms with van der Waals surface area (Å²) in [5.74, 6) is -0.166. The van der Waals surface area contributed by atoms with E-state index in [0.717, 1.165) is 17.5 Å². The second-order valence-electron chi connectivity index (χ2n) is 6.06. The number of benzene rings is 2. The second kappa shape index (κ2) is 9.23. The minimum atomic E-state index is -0.0938. The van der Waals surface area contributed by atoms with Crippen LogP contribution in [0.25, 0.3) is 0 Å². The lowest BCUT2D eigenvalue weighted by molar-refractivity contribution is -0.120. The molecule has 0 aliphatic carbocycles. The van der Waals surface area contributed by atoms with Crippen molar-refractivity contribution in [2.75, 3.05) is 0 Å². The zero-order valence-electron chi connectivity index (χ0n) is 14.5. The summed E-state index contributed by atoms with van der Waals surface area (Å²) < 4.78 is 0. The van der Waals surface area contributed by atoms with Gasteiger partial charge in [0.2, 0.25) is 5.91 Å². The normalized spacial score (nSPS) is 11.6. The Labute approximate surface area is 153 Å². The molecule has 1 atom stereocenters. The average Bonchev–Trinajstić information content (AvgIpc) is 2.62. The number of rotatable bonds is 7. The molecule has 0 saturated carbocycles. The van der Waals surface area contributed by atoms with Crippen molar-refractivity contribution in [3.8, 4) is 0 Å². The SMILES string of the molecule is CCC(C)NC(=O)c1cccc(CNC(=O)Cc2ccc(Cl)cc2)c1. The average molecular weight is 359 g/mol. The molecule has 0 heterocycles. The van der Waals surface area contributed by atoms with Gasteiger partial charge in [0.1, 0.15) is 0 Å². The molecule has 0 saturated heterocycles. The van der Waals surface area contributed by atoms with Gasteiger partial charge in [-0.05, 0) is 48.7 Å². The van der Waals surface area contributed by atoms with Crippen LogP contribution in [0.1, 0.15) is 41.8 Å². The summed E-state index contributed by atoms with van der Waals surface area (Å²) in [5, 5.41) is 6.46. The molecule has 0 bridgehead atoms. The molecule has 2 aromatic carbocycles. The predicted molar refractivity (Wildman–Crippen MR) is 101 cm³/mol. The molecule has 2 rings (SSSR count). The summed E-state index contributed by atoms with van der Waals surface area (Å²) in [5.41, 5.74) is 2.40. The Bertz CT molecular complexity index is 729. The Hall–Kier alpha value is -2.33. The van der Waals surface area contributed by atoms with Gasteiger partial charge in [0.15, 0.2) is 0 Å². The molecule has 5 heteroatoms. The van der Waals surface area contributed by atoms with Crippen molar-refractivity contribution in [1.82, 2.24) is 10.6 Å². The highest BCUT2D eigenvalue weighted by molar-refractivity contribution is 6.30. The van der Waals surface area contributed by atoms with Crippen molar-refractivity contribution in [3.05, 3.63) is 70.2 Å². The van der Waals surface area contributed by atoms with Crippen LogP contribution in [-0.2, 0) is 17.8 Å². The van der Waals surface area contributed by atoms with Crippen molar-refractivity contribution in [1.29, 1.82) is 0 Å². The molecule has 1 unspecified atom stereocenters. The smallest absolute Gasteiger partial charge is 0.251 e. The van der Waals surface area contributed by atoms with Crippen LogP contribution in [0.2, 0.25) is 5.02 Å². The topological polar surface area (TPSA) is 58.2 Å². The molecule has 2 aromatic rings. The third kappa shape index (κ3) is 6.24. The number of halogens is 1. The van der Waals surface area contributed by atoms with Crippen molar-refractivity contribution >= 4 is 23.4 Å². The zero-order chi connectivity index (χ0) is 18.2. The molecule has 0 radical (unpaired) electrons. The number of amides is 2. The second-order valence-corrected chi connectivity index (χ2v) is 6.50. The minimum Gasteiger partial charge on any atom is -0.352 e. The highest BCUT2D eigenvalue weighted by Crippen LogP contribution is 2.10. The van der Waals surface area contributed by atoms with Gasteiger partial charge < -0.3 is 10.6 Å². The first kappa shape index (κ1) is 19.0. The van der Waals surface area contributed by atoms with Crippen LogP contribution < -0.4 is 10.6 Å². The van der Waals surface area contributed by atoms with E-state index in [1.807, 2.05) is 38.1 Å². The molecule has 0 fully saturated rings. The van der Waals surface area contributed by atoms with E-state index >= 15 is 0 Å². The molecule has 0 aromatic heterocycles. The number of carbonyl (C=O) groups is 2. The van der Waals surface area contributed by atoms with Crippen LogP contribution in [0.5, 0.6) is 0 Å². The van der Waals surface area contributed by atoms with E-state index in [4.69, 9.17) is 11.6 Å². The first-order valence-electron chi connectivity index (χ1n) is 8.39. The third-order valence-corrected chi connectivity index (χ3v) is 4.20. The molecule has 0 aliphatic heterocycles. The van der Waals surface area contributed by atoms with Gasteiger partial charge in [-0.15, -0.1) is 0 Å². The van der Waals surface area contributed by atoms with Crippen LogP contribution in [0.3, 0.4) is 0 Å². The van der Waals surface area contributed by atoms with E-state index in [2.05, 4.69) is 10.6 Å². The predicted octanol–water partition coefficient (Wildman–Crippen LogP) is 3.73. The number of carbonyl (C=O) groups excluding carboxylic acids is 2. The van der Waals surface area contributed by atoms with Gasteiger partial charge in [-0.2, -0.15) is 0 Å². The maximum atomic E-state index is 12.2. The summed E-state index contributed by atoms with van der Waals surface area (Å²) in [7, 11) is 0. The Balaban J connectivity index is 1.90. The van der Waals surface area contributed by atoms with Gasteiger partial charge in [0.05, 0.1) is 6.42 Å². The molecule has 2 N–H and O–H groups in total. The van der Waals surface area contributed by atoms with Gasteiger partial charge in [-0.3, -0.25) is 9.59 Å². The van der Waals surface area contributed by atoms with Gasteiger partial charge >= 0.3 is 0 Å². The first-order valence-corrected chi connectivity index (χ1v) is 8.76. The van der Waals surface area contributed by atoms with Crippen molar-refractivity contribution < 1.29 is 9.59 Å². The van der Waals surface area contributed by atoms with Gasteiger partial charge in [-0.1, -0.05) is 42.8 Å². The molecule has 0 spiro atoms. The fourth-order valence-electron chi connectivity index (χ4n) is 2.28. The Kier molecular flexibility index (Phi) is 7.02. The van der Waals surface area contributed by atoms with Gasteiger partial charge in [0, 0.05) is 23.2 Å². The van der Waals surface area contributed by atoms with Crippen molar-refractivity contribution in [2.24, 2.45) is 0 Å². The van der Waals surface area contributed by atoms with Crippen LogP contribution in [0.4, 0.5) is 0 Å². The Morgan fingerprint density at radius 1 is 1.08 bits per heavy atom. The van der Waals surface area contributed by atoms with Crippen LogP contribution in [0.15, 0.2) is 48.5 Å². The highest BCUT2D eigenvalue weighted by atomic mass is 35.5. The van der Waals surface area contributed by atoms with E-state index in [9.17, 15) is 9.59 Å². The van der Waals surface area contributed by atoms with Crippen LogP contribution in [-0.4, -0.2) is 17.9 Å². The largest absolute Gasteiger partial charge is 0.352 e. The standard InChI is InChI=1S/C20H23ClN2O2/c1-3-14(2)23-20(25)17-6-4-5-16(11-17)13-22-19(24)12-15-7-9-18(21)10-8-15/h4-11,14H,3,12-13H2,1-2H3,(H,22,24)(H,23,25). The molecule has 2 amide bonds. The van der Waals surface area contributed by atoms with E-state index in [1.165, 1.54) is 0 Å². The van der Waals surface area contributed by atoms with Crippen molar-refractivity contribution in [2.45, 2.75) is 39.3 Å². The number of hydrogen-bond donors (Lipinski definition) is 2. The summed E-state index contributed by atoms with van der Waals surface area (Å²) in [6, 6.07) is 14.6. The summed E-state index contributed by atoms with van der Waals surface area (Å²) >= 11 is 5.84.